The Bertz CT molecular complexity index is 1120. The van der Waals surface area contributed by atoms with Crippen LogP contribution in [0.4, 0.5) is 0 Å². The van der Waals surface area contributed by atoms with Crippen molar-refractivity contribution in [2.75, 3.05) is 13.1 Å². The molecule has 0 amide bonds. The molecule has 11 nitrogen and oxygen atoms in total. The SMILES string of the molecule is O=C[C@@H]1CCCN1N[C@@H](Cc1ccc(O)cc1)C(=O)C(=O)[C@H](Cc1ccc(O)cc1)NNCCCCCC(=O)O. The van der Waals surface area contributed by atoms with Crippen molar-refractivity contribution in [3.05, 3.63) is 59.7 Å². The predicted molar refractivity (Wildman–Crippen MR) is 147 cm³/mol. The second-order valence-electron chi connectivity index (χ2n) is 10.0. The van der Waals surface area contributed by atoms with E-state index >= 15 is 0 Å². The molecule has 0 unspecified atom stereocenters. The van der Waals surface area contributed by atoms with Gasteiger partial charge >= 0.3 is 5.97 Å². The second-order valence-corrected chi connectivity index (χ2v) is 10.0. The minimum Gasteiger partial charge on any atom is -0.508 e. The number of rotatable bonds is 18. The van der Waals surface area contributed by atoms with Gasteiger partial charge in [0.2, 0.25) is 11.6 Å². The number of phenolic OH excluding ortho intramolecular Hbond substituents is 2. The highest BCUT2D eigenvalue weighted by Gasteiger charge is 2.35. The summed E-state index contributed by atoms with van der Waals surface area (Å²) in [5.41, 5.74) is 10.6. The van der Waals surface area contributed by atoms with Crippen molar-refractivity contribution in [1.29, 1.82) is 0 Å². The number of carboxylic acid groups (broad SMARTS) is 1. The molecular formula is C29H38N4O7. The lowest BCUT2D eigenvalue weighted by Crippen LogP contribution is -2.57. The van der Waals surface area contributed by atoms with E-state index in [0.717, 1.165) is 23.8 Å². The molecule has 1 heterocycles. The Morgan fingerprint density at radius 2 is 1.45 bits per heavy atom. The number of phenols is 2. The molecule has 6 N–H and O–H groups in total. The molecule has 0 saturated carbocycles. The number of Topliss-reactive ketones (excluding diaryl/α,β-unsaturated/α-hetero) is 2. The summed E-state index contributed by atoms with van der Waals surface area (Å²) in [6, 6.07) is 10.5. The van der Waals surface area contributed by atoms with Gasteiger partial charge in [-0.3, -0.25) is 19.8 Å². The average Bonchev–Trinajstić information content (AvgIpc) is 3.40. The lowest BCUT2D eigenvalue weighted by Gasteiger charge is -2.28. The Labute approximate surface area is 233 Å². The van der Waals surface area contributed by atoms with E-state index in [2.05, 4.69) is 16.3 Å². The summed E-state index contributed by atoms with van der Waals surface area (Å²) < 4.78 is 0. The smallest absolute Gasteiger partial charge is 0.303 e. The van der Waals surface area contributed by atoms with Gasteiger partial charge in [-0.25, -0.2) is 15.9 Å². The molecule has 1 saturated heterocycles. The van der Waals surface area contributed by atoms with E-state index in [4.69, 9.17) is 5.11 Å². The van der Waals surface area contributed by atoms with Crippen LogP contribution in [0.1, 0.15) is 49.7 Å². The molecule has 216 valence electrons. The molecule has 0 radical (unpaired) electrons. The first-order valence-electron chi connectivity index (χ1n) is 13.6. The van der Waals surface area contributed by atoms with Crippen LogP contribution in [-0.2, 0) is 32.0 Å². The molecule has 11 heteroatoms. The van der Waals surface area contributed by atoms with E-state index in [1.165, 1.54) is 24.3 Å². The number of aldehydes is 1. The number of aromatic hydroxyl groups is 2. The Balaban J connectivity index is 1.73. The van der Waals surface area contributed by atoms with E-state index in [1.807, 2.05) is 0 Å². The summed E-state index contributed by atoms with van der Waals surface area (Å²) in [6.07, 6.45) is 4.66. The van der Waals surface area contributed by atoms with Crippen LogP contribution in [0.5, 0.6) is 11.5 Å². The largest absolute Gasteiger partial charge is 0.508 e. The number of aliphatic carboxylic acids is 1. The lowest BCUT2D eigenvalue weighted by atomic mass is 9.94. The molecular weight excluding hydrogens is 516 g/mol. The maximum absolute atomic E-state index is 13.7. The molecule has 40 heavy (non-hydrogen) atoms. The topological polar surface area (TPSA) is 168 Å². The van der Waals surface area contributed by atoms with Crippen molar-refractivity contribution < 1.29 is 34.5 Å². The van der Waals surface area contributed by atoms with Crippen LogP contribution in [0.2, 0.25) is 0 Å². The molecule has 2 aromatic carbocycles. The zero-order chi connectivity index (χ0) is 28.9. The van der Waals surface area contributed by atoms with Gasteiger partial charge in [0.25, 0.3) is 0 Å². The number of carboxylic acids is 1. The highest BCUT2D eigenvalue weighted by atomic mass is 16.4. The van der Waals surface area contributed by atoms with E-state index in [1.54, 1.807) is 29.3 Å². The van der Waals surface area contributed by atoms with E-state index in [-0.39, 0.29) is 36.8 Å². The summed E-state index contributed by atoms with van der Waals surface area (Å²) in [5.74, 6) is -1.96. The van der Waals surface area contributed by atoms with Crippen LogP contribution in [0.3, 0.4) is 0 Å². The van der Waals surface area contributed by atoms with Crippen LogP contribution in [0.15, 0.2) is 48.5 Å². The monoisotopic (exact) mass is 554 g/mol. The third-order valence-electron chi connectivity index (χ3n) is 6.87. The molecule has 3 rings (SSSR count). The number of ketones is 2. The third kappa shape index (κ3) is 9.83. The zero-order valence-corrected chi connectivity index (χ0v) is 22.4. The van der Waals surface area contributed by atoms with Crippen molar-refractivity contribution >= 4 is 23.8 Å². The van der Waals surface area contributed by atoms with E-state index < -0.39 is 29.6 Å². The number of hydrazine groups is 2. The number of benzene rings is 2. The molecule has 0 aromatic heterocycles. The number of carbonyl (C=O) groups is 4. The van der Waals surface area contributed by atoms with Gasteiger partial charge in [-0.2, -0.15) is 0 Å². The fraction of sp³-hybridized carbons (Fsp3) is 0.448. The highest BCUT2D eigenvalue weighted by molar-refractivity contribution is 6.41. The van der Waals surface area contributed by atoms with E-state index in [9.17, 15) is 29.4 Å². The first-order valence-corrected chi connectivity index (χ1v) is 13.6. The Kier molecular flexibility index (Phi) is 12.2. The number of hydrogen-bond acceptors (Lipinski definition) is 10. The molecule has 0 spiro atoms. The number of nitrogens with one attached hydrogen (secondary N) is 3. The van der Waals surface area contributed by atoms with Gasteiger partial charge < -0.3 is 20.1 Å². The molecule has 1 aliphatic rings. The number of hydrogen-bond donors (Lipinski definition) is 6. The molecule has 0 bridgehead atoms. The maximum atomic E-state index is 13.7. The summed E-state index contributed by atoms with van der Waals surface area (Å²) in [7, 11) is 0. The number of unbranched alkanes of at least 4 members (excludes halogenated alkanes) is 2. The zero-order valence-electron chi connectivity index (χ0n) is 22.4. The molecule has 2 aromatic rings. The van der Waals surface area contributed by atoms with Crippen LogP contribution >= 0.6 is 0 Å². The highest BCUT2D eigenvalue weighted by Crippen LogP contribution is 2.17. The fourth-order valence-corrected chi connectivity index (χ4v) is 4.64. The number of carbonyl (C=O) groups excluding carboxylic acids is 3. The van der Waals surface area contributed by atoms with Gasteiger partial charge in [0.1, 0.15) is 17.8 Å². The van der Waals surface area contributed by atoms with Gasteiger partial charge in [0.05, 0.1) is 18.1 Å². The van der Waals surface area contributed by atoms with Crippen molar-refractivity contribution in [1.82, 2.24) is 21.3 Å². The van der Waals surface area contributed by atoms with Crippen molar-refractivity contribution in [2.24, 2.45) is 0 Å². The predicted octanol–water partition coefficient (Wildman–Crippen LogP) is 1.67. The Hall–Kier alpha value is -3.64. The summed E-state index contributed by atoms with van der Waals surface area (Å²) in [6.45, 7) is 1.03. The average molecular weight is 555 g/mol. The van der Waals surface area contributed by atoms with Gasteiger partial charge in [0.15, 0.2) is 0 Å². The minimum absolute atomic E-state index is 0.0865. The molecule has 1 aliphatic heterocycles. The van der Waals surface area contributed by atoms with Crippen molar-refractivity contribution in [2.45, 2.75) is 69.5 Å². The van der Waals surface area contributed by atoms with Crippen LogP contribution in [0.25, 0.3) is 0 Å². The van der Waals surface area contributed by atoms with Crippen molar-refractivity contribution in [3.63, 3.8) is 0 Å². The maximum Gasteiger partial charge on any atom is 0.303 e. The summed E-state index contributed by atoms with van der Waals surface area (Å²) in [4.78, 5) is 49.6. The summed E-state index contributed by atoms with van der Waals surface area (Å²) >= 11 is 0. The van der Waals surface area contributed by atoms with Gasteiger partial charge in [-0.1, -0.05) is 30.7 Å². The third-order valence-corrected chi connectivity index (χ3v) is 6.87. The minimum atomic E-state index is -0.933. The lowest BCUT2D eigenvalue weighted by molar-refractivity contribution is -0.140. The van der Waals surface area contributed by atoms with Crippen LogP contribution in [-0.4, -0.2) is 75.4 Å². The van der Waals surface area contributed by atoms with Gasteiger partial charge in [-0.15, -0.1) is 0 Å². The molecule has 1 fully saturated rings. The quantitative estimate of drug-likeness (QED) is 0.0686. The molecule has 0 aliphatic carbocycles. The summed E-state index contributed by atoms with van der Waals surface area (Å²) in [5, 5.41) is 29.8. The normalized spacial score (nSPS) is 16.9. The van der Waals surface area contributed by atoms with Crippen molar-refractivity contribution in [3.8, 4) is 11.5 Å². The standard InChI is InChI=1S/C29H38N4O7/c34-19-22-5-4-16-33(22)32-26(18-21-9-13-24(36)14-10-21)29(40)28(39)25(17-20-7-11-23(35)12-8-20)31-30-15-3-1-2-6-27(37)38/h7-14,19,22,25-26,30-32,35-36H,1-6,15-18H2,(H,37,38)/t22-,25-,26-/m0/s1. The van der Waals surface area contributed by atoms with Gasteiger partial charge in [0, 0.05) is 19.5 Å². The fourth-order valence-electron chi connectivity index (χ4n) is 4.64. The van der Waals surface area contributed by atoms with Crippen LogP contribution < -0.4 is 16.3 Å². The van der Waals surface area contributed by atoms with Gasteiger partial charge in [-0.05, 0) is 73.9 Å². The second kappa shape index (κ2) is 15.8. The Morgan fingerprint density at radius 3 is 2.02 bits per heavy atom. The van der Waals surface area contributed by atoms with Crippen LogP contribution in [0, 0.1) is 0 Å². The first-order chi connectivity index (χ1) is 19.3. The van der Waals surface area contributed by atoms with E-state index in [0.29, 0.717) is 38.8 Å². The molecule has 3 atom stereocenters. The number of nitrogens with zero attached hydrogens (tertiary/aromatic N) is 1. The Morgan fingerprint density at radius 1 is 0.875 bits per heavy atom. The first kappa shape index (κ1) is 30.9.